The molecule has 0 aliphatic rings. The van der Waals surface area contributed by atoms with Gasteiger partial charge in [-0.15, -0.1) is 0 Å². The summed E-state index contributed by atoms with van der Waals surface area (Å²) in [6, 6.07) is 87.8. The molecule has 0 amide bonds. The second-order valence-electron chi connectivity index (χ2n) is 39.4. The highest BCUT2D eigenvalue weighted by atomic mass is 16.3. The minimum atomic E-state index is -2.38. The van der Waals surface area contributed by atoms with Crippen LogP contribution in [0.4, 0.5) is 0 Å². The van der Waals surface area contributed by atoms with Crippen molar-refractivity contribution in [2.45, 2.75) is 198 Å². The Balaban J connectivity index is 0.000000136. The van der Waals surface area contributed by atoms with Crippen molar-refractivity contribution in [1.82, 2.24) is 4.98 Å². The van der Waals surface area contributed by atoms with Crippen LogP contribution in [-0.4, -0.2) is 4.98 Å². The van der Waals surface area contributed by atoms with Gasteiger partial charge in [0.15, 0.2) is 31.0 Å². The molecule has 0 radical (unpaired) electrons. The van der Waals surface area contributed by atoms with E-state index in [1.165, 1.54) is 190 Å². The zero-order chi connectivity index (χ0) is 109. The molecule has 0 saturated heterocycles. The summed E-state index contributed by atoms with van der Waals surface area (Å²) in [7, 11) is 10.5. The summed E-state index contributed by atoms with van der Waals surface area (Å²) in [4.78, 5) is 4.51. The summed E-state index contributed by atoms with van der Waals surface area (Å²) >= 11 is 0. The third kappa shape index (κ3) is 20.9. The van der Waals surface area contributed by atoms with Crippen LogP contribution in [-0.2, 0) is 35.2 Å². The molecule has 20 aromatic rings. The van der Waals surface area contributed by atoms with Crippen LogP contribution in [0.15, 0.2) is 290 Å². The number of hydrogen-bond acceptors (Lipinski definition) is 2. The first kappa shape index (κ1) is 85.3. The van der Waals surface area contributed by atoms with E-state index in [4.69, 9.17) is 19.5 Å². The number of nitrogens with zero attached hydrogens (tertiary/aromatic N) is 6. The molecule has 0 saturated carbocycles. The van der Waals surface area contributed by atoms with Gasteiger partial charge in [0, 0.05) is 67.4 Å². The molecule has 702 valence electrons. The number of fused-ring (bicyclic) bond motifs is 8. The van der Waals surface area contributed by atoms with E-state index in [9.17, 15) is 0 Å². The number of aryl methyl sites for hydroxylation is 20. The van der Waals surface area contributed by atoms with Crippen LogP contribution < -0.4 is 22.8 Å². The predicted molar refractivity (Wildman–Crippen MR) is 592 cm³/mol. The number of rotatable bonds is 10. The van der Waals surface area contributed by atoms with E-state index in [1.54, 1.807) is 18.2 Å². The van der Waals surface area contributed by atoms with Crippen molar-refractivity contribution in [2.24, 2.45) is 35.2 Å². The summed E-state index contributed by atoms with van der Waals surface area (Å²) in [6.07, 6.45) is 10.6. The molecule has 13 aromatic carbocycles. The van der Waals surface area contributed by atoms with E-state index in [0.29, 0.717) is 39.1 Å². The maximum Gasteiger partial charge on any atom is 0.227 e. The largest absolute Gasteiger partial charge is 0.437 e. The van der Waals surface area contributed by atoms with Crippen molar-refractivity contribution in [3.63, 3.8) is 0 Å². The van der Waals surface area contributed by atoms with Crippen molar-refractivity contribution >= 4 is 75.9 Å². The van der Waals surface area contributed by atoms with Gasteiger partial charge in [-0.2, -0.15) is 0 Å². The lowest BCUT2D eigenvalue weighted by Gasteiger charge is -2.16. The molecule has 7 heterocycles. The van der Waals surface area contributed by atoms with E-state index in [-0.39, 0.29) is 11.1 Å². The Morgan fingerprint density at radius 3 is 0.971 bits per heavy atom. The van der Waals surface area contributed by atoms with Crippen molar-refractivity contribution in [1.29, 1.82) is 0 Å². The summed E-state index contributed by atoms with van der Waals surface area (Å²) in [5.41, 5.74) is 41.9. The van der Waals surface area contributed by atoms with Crippen molar-refractivity contribution in [2.75, 3.05) is 0 Å². The molecule has 0 N–H and O–H groups in total. The maximum absolute atomic E-state index is 8.38. The van der Waals surface area contributed by atoms with Gasteiger partial charge in [0.25, 0.3) is 0 Å². The molecule has 0 fully saturated rings. The smallest absolute Gasteiger partial charge is 0.227 e. The fraction of sp³-hybridized carbons (Fsp3) is 0.258. The molecule has 139 heavy (non-hydrogen) atoms. The quantitative estimate of drug-likeness (QED) is 0.128. The van der Waals surface area contributed by atoms with Crippen LogP contribution >= 0.6 is 0 Å². The topological polar surface area (TPSA) is 45.4 Å². The van der Waals surface area contributed by atoms with Crippen molar-refractivity contribution in [3.05, 3.63) is 414 Å². The first-order valence-electron chi connectivity index (χ1n) is 54.0. The van der Waals surface area contributed by atoms with Gasteiger partial charge in [-0.3, -0.25) is 0 Å². The molecule has 0 aliphatic carbocycles. The van der Waals surface area contributed by atoms with Crippen LogP contribution in [0.3, 0.4) is 0 Å². The Morgan fingerprint density at radius 1 is 0.273 bits per heavy atom. The van der Waals surface area contributed by atoms with Gasteiger partial charge in [0.1, 0.15) is 40.8 Å². The molecule has 7 aromatic heterocycles. The highest BCUT2D eigenvalue weighted by molar-refractivity contribution is 6.12. The molecule has 7 heteroatoms. The lowest BCUT2D eigenvalue weighted by molar-refractivity contribution is -0.659. The van der Waals surface area contributed by atoms with E-state index in [2.05, 4.69) is 368 Å². The van der Waals surface area contributed by atoms with Gasteiger partial charge in [-0.1, -0.05) is 215 Å². The maximum atomic E-state index is 8.38. The fourth-order valence-electron chi connectivity index (χ4n) is 20.0. The molecule has 1 unspecified atom stereocenters. The third-order valence-corrected chi connectivity index (χ3v) is 28.2. The van der Waals surface area contributed by atoms with Crippen LogP contribution in [0, 0.1) is 138 Å². The molecule has 0 bridgehead atoms. The molecular weight excluding hydrogens is 1690 g/mol. The van der Waals surface area contributed by atoms with E-state index in [1.807, 2.05) is 115 Å². The Bertz CT molecular complexity index is 8510. The standard InChI is InChI=1S/C28H25NO.3C22H26N.2C19H20N/c1-16-13-17(2)24(15-23(16)21-9-7-6-8-10-21)26-19(4)14-18(3)25-22-12-11-20(5)29-28(22)30-27(25)26;3*1-14(2)18-7-8-20-19(13-18)9-10-23(6)22(20)21-12-15(3)11-16(4)17(21)5;2*1-13-11-14(2)15(3)18(12-13)19-17-8-6-5-7-16(17)9-10-20(19)4/h6-15H,1-5H3;3*7-14H,1-6H3;2*5-12H,1-4H3/q;5*+1/i1D3,3D3;1D3,14D;14D;;;. The molecule has 1 atom stereocenters. The van der Waals surface area contributed by atoms with Gasteiger partial charge in [-0.25, -0.2) is 27.8 Å². The van der Waals surface area contributed by atoms with Gasteiger partial charge < -0.3 is 4.42 Å². The molecule has 0 aliphatic heterocycles. The van der Waals surface area contributed by atoms with Crippen LogP contribution in [0.25, 0.3) is 154 Å². The second-order valence-corrected chi connectivity index (χ2v) is 39.4. The van der Waals surface area contributed by atoms with E-state index in [0.717, 1.165) is 55.5 Å². The van der Waals surface area contributed by atoms with Crippen molar-refractivity contribution in [3.8, 4) is 78.5 Å². The normalized spacial score (nSPS) is 13.3. The molecule has 7 nitrogen and oxygen atoms in total. The highest BCUT2D eigenvalue weighted by Crippen LogP contribution is 2.45. The summed E-state index contributed by atoms with van der Waals surface area (Å²) in [5.74, 6) is -1.67. The van der Waals surface area contributed by atoms with E-state index >= 15 is 0 Å². The van der Waals surface area contributed by atoms with Crippen LogP contribution in [0.2, 0.25) is 0 Å². The first-order chi connectivity index (χ1) is 70.5. The third-order valence-electron chi connectivity index (χ3n) is 28.2. The second kappa shape index (κ2) is 41.7. The number of furan rings is 1. The summed E-state index contributed by atoms with van der Waals surface area (Å²) in [5, 5.41) is 13.4. The molecular formula is C132H143N6O+5. The van der Waals surface area contributed by atoms with Crippen molar-refractivity contribution < 1.29 is 42.3 Å². The zero-order valence-electron chi connectivity index (χ0n) is 97.8. The monoisotopic (exact) mass is 1840 g/mol. The van der Waals surface area contributed by atoms with Gasteiger partial charge in [0.05, 0.1) is 54.7 Å². The van der Waals surface area contributed by atoms with Crippen LogP contribution in [0.1, 0.15) is 202 Å². The fourth-order valence-corrected chi connectivity index (χ4v) is 20.0. The summed E-state index contributed by atoms with van der Waals surface area (Å²) < 4.78 is 106. The number of benzene rings is 13. The minimum absolute atomic E-state index is 0.211. The predicted octanol–water partition coefficient (Wildman–Crippen LogP) is 32.5. The number of aromatic nitrogens is 6. The zero-order valence-corrected chi connectivity index (χ0v) is 86.8. The Hall–Kier alpha value is -14.1. The van der Waals surface area contributed by atoms with Crippen LogP contribution in [0.5, 0.6) is 0 Å². The number of pyridine rings is 6. The number of hydrogen-bond donors (Lipinski definition) is 0. The summed E-state index contributed by atoms with van der Waals surface area (Å²) in [6.45, 7) is 41.0. The first-order valence-corrected chi connectivity index (χ1v) is 48.5. The Labute approximate surface area is 843 Å². The highest BCUT2D eigenvalue weighted by Gasteiger charge is 2.27. The average Bonchev–Trinajstić information content (AvgIpc) is 1.56. The van der Waals surface area contributed by atoms with Gasteiger partial charge >= 0.3 is 0 Å². The van der Waals surface area contributed by atoms with Gasteiger partial charge in [0.2, 0.25) is 34.2 Å². The minimum Gasteiger partial charge on any atom is -0.437 e. The average molecular weight is 1840 g/mol. The molecule has 20 rings (SSSR count). The lowest BCUT2D eigenvalue weighted by Crippen LogP contribution is -2.30. The Kier molecular flexibility index (Phi) is 25.6. The SMILES string of the molecule is Cc1cc(C)c(C)c(-c2c3ccc(C(C)C)cc3cc[n+]2C)c1.Cc1cc(C)c(C)c(-c2c3ccccc3cc[n+]2C)c1.Cc1cc(C)c(C)c(-c2c3ccccc3cc[n+]2C)c1.[2H]C(C)(C)c1ccc2c(-c3cc(C)cc(C)c3C)[n+](C)ccc2c1.[2H]C([2H])([2H])C([2H])(C)c1ccc2c(-c3cc(C)cc(C)c3C)[n+](C)ccc2c1.[2H]C([2H])([2H])c1cc(C)c(-c2c(C)cc(C([2H])([2H])[2H])c3c2oc2nc(C)ccc23)cc1-c1ccccc1. The van der Waals surface area contributed by atoms with Gasteiger partial charge in [-0.05, 0) is 373 Å². The molecule has 0 spiro atoms. The lowest BCUT2D eigenvalue weighted by atomic mass is 9.88. The Morgan fingerprint density at radius 2 is 0.604 bits per heavy atom. The van der Waals surface area contributed by atoms with E-state index < -0.39 is 32.3 Å².